The molecule has 1 aliphatic rings. The Labute approximate surface area is 104 Å². The van der Waals surface area contributed by atoms with Crippen molar-refractivity contribution in [2.24, 2.45) is 0 Å². The fraction of sp³-hybridized carbons (Fsp3) is 0.333. The molecule has 0 bridgehead atoms. The minimum Gasteiger partial charge on any atom is -0.497 e. The largest absolute Gasteiger partial charge is 0.497 e. The van der Waals surface area contributed by atoms with Gasteiger partial charge in [-0.2, -0.15) is 0 Å². The number of amides is 2. The number of carbonyl (C=O) groups excluding carboxylic acids is 1. The summed E-state index contributed by atoms with van der Waals surface area (Å²) in [6.45, 7) is 0.427. The van der Waals surface area contributed by atoms with Gasteiger partial charge in [0.2, 0.25) is 5.91 Å². The van der Waals surface area contributed by atoms with Crippen molar-refractivity contribution in [3.05, 3.63) is 29.8 Å². The Hall–Kier alpha value is -2.24. The number of carboxylic acid groups (broad SMARTS) is 1. The molecule has 1 fully saturated rings. The lowest BCUT2D eigenvalue weighted by Gasteiger charge is -2.17. The SMILES string of the molecule is COc1ccc(C2CNC(=O)C2NC(=O)O)cc1. The average Bonchev–Trinajstić information content (AvgIpc) is 2.71. The number of methoxy groups -OCH3 is 1. The summed E-state index contributed by atoms with van der Waals surface area (Å²) in [5.74, 6) is 0.233. The Morgan fingerprint density at radius 2 is 2.11 bits per heavy atom. The van der Waals surface area contributed by atoms with Crippen molar-refractivity contribution in [2.75, 3.05) is 13.7 Å². The number of hydrogen-bond donors (Lipinski definition) is 3. The van der Waals surface area contributed by atoms with E-state index in [2.05, 4.69) is 10.6 Å². The summed E-state index contributed by atoms with van der Waals surface area (Å²) in [5, 5.41) is 13.6. The van der Waals surface area contributed by atoms with Gasteiger partial charge >= 0.3 is 6.09 Å². The first-order chi connectivity index (χ1) is 8.61. The molecule has 1 saturated heterocycles. The molecule has 2 amide bonds. The smallest absolute Gasteiger partial charge is 0.405 e. The first-order valence-corrected chi connectivity index (χ1v) is 5.53. The Morgan fingerprint density at radius 3 is 2.67 bits per heavy atom. The summed E-state index contributed by atoms with van der Waals surface area (Å²) < 4.78 is 5.05. The number of carbonyl (C=O) groups is 2. The molecule has 6 nitrogen and oxygen atoms in total. The predicted octanol–water partition coefficient (Wildman–Crippen LogP) is 0.545. The Morgan fingerprint density at radius 1 is 1.44 bits per heavy atom. The van der Waals surface area contributed by atoms with E-state index in [1.165, 1.54) is 0 Å². The number of benzene rings is 1. The van der Waals surface area contributed by atoms with Crippen LogP contribution in [0.3, 0.4) is 0 Å². The van der Waals surface area contributed by atoms with Crippen LogP contribution in [0.25, 0.3) is 0 Å². The first-order valence-electron chi connectivity index (χ1n) is 5.53. The molecular formula is C12H14N2O4. The molecule has 2 rings (SSSR count). The van der Waals surface area contributed by atoms with Crippen LogP contribution in [0.15, 0.2) is 24.3 Å². The third-order valence-corrected chi connectivity index (χ3v) is 3.00. The lowest BCUT2D eigenvalue weighted by molar-refractivity contribution is -0.120. The van der Waals surface area contributed by atoms with Gasteiger partial charge in [-0.1, -0.05) is 12.1 Å². The summed E-state index contributed by atoms with van der Waals surface area (Å²) in [7, 11) is 1.57. The van der Waals surface area contributed by atoms with Gasteiger partial charge in [0.05, 0.1) is 7.11 Å². The van der Waals surface area contributed by atoms with Gasteiger partial charge in [0, 0.05) is 12.5 Å². The molecule has 2 atom stereocenters. The molecule has 0 saturated carbocycles. The first kappa shape index (κ1) is 12.2. The molecular weight excluding hydrogens is 236 g/mol. The maximum atomic E-state index is 11.6. The summed E-state index contributed by atoms with van der Waals surface area (Å²) in [6, 6.07) is 6.50. The molecule has 18 heavy (non-hydrogen) atoms. The van der Waals surface area contributed by atoms with E-state index in [1.54, 1.807) is 19.2 Å². The maximum Gasteiger partial charge on any atom is 0.405 e. The van der Waals surface area contributed by atoms with Crippen LogP contribution in [0.1, 0.15) is 11.5 Å². The van der Waals surface area contributed by atoms with Gasteiger partial charge in [0.1, 0.15) is 11.8 Å². The molecule has 0 radical (unpaired) electrons. The maximum absolute atomic E-state index is 11.6. The Bertz CT molecular complexity index is 458. The van der Waals surface area contributed by atoms with E-state index < -0.39 is 12.1 Å². The lowest BCUT2D eigenvalue weighted by atomic mass is 9.94. The number of ether oxygens (including phenoxy) is 1. The van der Waals surface area contributed by atoms with Crippen LogP contribution in [-0.2, 0) is 4.79 Å². The quantitative estimate of drug-likeness (QED) is 0.730. The van der Waals surface area contributed by atoms with Crippen molar-refractivity contribution in [3.63, 3.8) is 0 Å². The van der Waals surface area contributed by atoms with Gasteiger partial charge < -0.3 is 20.5 Å². The van der Waals surface area contributed by atoms with Gasteiger partial charge in [0.15, 0.2) is 0 Å². The summed E-state index contributed by atoms with van der Waals surface area (Å²) >= 11 is 0. The highest BCUT2D eigenvalue weighted by molar-refractivity contribution is 5.88. The summed E-state index contributed by atoms with van der Waals surface area (Å²) in [5.41, 5.74) is 0.896. The van der Waals surface area contributed by atoms with Crippen molar-refractivity contribution in [2.45, 2.75) is 12.0 Å². The third-order valence-electron chi connectivity index (χ3n) is 3.00. The monoisotopic (exact) mass is 250 g/mol. The minimum absolute atomic E-state index is 0.195. The zero-order valence-corrected chi connectivity index (χ0v) is 9.84. The van der Waals surface area contributed by atoms with Crippen molar-refractivity contribution < 1.29 is 19.4 Å². The number of nitrogens with one attached hydrogen (secondary N) is 2. The second-order valence-electron chi connectivity index (χ2n) is 4.05. The van der Waals surface area contributed by atoms with E-state index >= 15 is 0 Å². The van der Waals surface area contributed by atoms with Crippen molar-refractivity contribution >= 4 is 12.0 Å². The lowest BCUT2D eigenvalue weighted by Crippen LogP contribution is -2.42. The number of rotatable bonds is 3. The highest BCUT2D eigenvalue weighted by Gasteiger charge is 2.36. The molecule has 0 aromatic heterocycles. The van der Waals surface area contributed by atoms with Crippen molar-refractivity contribution in [3.8, 4) is 5.75 Å². The highest BCUT2D eigenvalue weighted by atomic mass is 16.5. The molecule has 3 N–H and O–H groups in total. The van der Waals surface area contributed by atoms with E-state index in [1.807, 2.05) is 12.1 Å². The molecule has 1 heterocycles. The zero-order chi connectivity index (χ0) is 13.1. The molecule has 1 aromatic carbocycles. The highest BCUT2D eigenvalue weighted by Crippen LogP contribution is 2.25. The van der Waals surface area contributed by atoms with E-state index in [-0.39, 0.29) is 11.8 Å². The van der Waals surface area contributed by atoms with Crippen LogP contribution >= 0.6 is 0 Å². The van der Waals surface area contributed by atoms with Gasteiger partial charge in [-0.25, -0.2) is 4.79 Å². The van der Waals surface area contributed by atoms with Crippen LogP contribution in [0.5, 0.6) is 5.75 Å². The van der Waals surface area contributed by atoms with Crippen LogP contribution < -0.4 is 15.4 Å². The number of hydrogen-bond acceptors (Lipinski definition) is 3. The van der Waals surface area contributed by atoms with Crippen LogP contribution in [0.4, 0.5) is 4.79 Å². The van der Waals surface area contributed by atoms with Crippen LogP contribution in [-0.4, -0.2) is 36.8 Å². The fourth-order valence-electron chi connectivity index (χ4n) is 2.08. The summed E-state index contributed by atoms with van der Waals surface area (Å²) in [4.78, 5) is 22.2. The van der Waals surface area contributed by atoms with E-state index in [4.69, 9.17) is 9.84 Å². The predicted molar refractivity (Wildman–Crippen MR) is 63.7 cm³/mol. The standard InChI is InChI=1S/C12H14N2O4/c1-18-8-4-2-7(3-5-8)9-6-13-11(15)10(9)14-12(16)17/h2-5,9-10,14H,6H2,1H3,(H,13,15)(H,16,17). The van der Waals surface area contributed by atoms with Gasteiger partial charge in [-0.3, -0.25) is 4.79 Å². The van der Waals surface area contributed by atoms with Crippen LogP contribution in [0.2, 0.25) is 0 Å². The van der Waals surface area contributed by atoms with Gasteiger partial charge in [-0.05, 0) is 17.7 Å². The van der Waals surface area contributed by atoms with Crippen molar-refractivity contribution in [1.29, 1.82) is 0 Å². The van der Waals surface area contributed by atoms with Crippen molar-refractivity contribution in [1.82, 2.24) is 10.6 Å². The Kier molecular flexibility index (Phi) is 3.36. The molecule has 1 aliphatic heterocycles. The van der Waals surface area contributed by atoms with Gasteiger partial charge in [-0.15, -0.1) is 0 Å². The Balaban J connectivity index is 2.19. The second kappa shape index (κ2) is 4.95. The van der Waals surface area contributed by atoms with Gasteiger partial charge in [0.25, 0.3) is 0 Å². The molecule has 6 heteroatoms. The fourth-order valence-corrected chi connectivity index (χ4v) is 2.08. The topological polar surface area (TPSA) is 87.7 Å². The zero-order valence-electron chi connectivity index (χ0n) is 9.84. The minimum atomic E-state index is -1.20. The molecule has 0 spiro atoms. The molecule has 96 valence electrons. The third kappa shape index (κ3) is 2.37. The van der Waals surface area contributed by atoms with E-state index in [0.29, 0.717) is 6.54 Å². The molecule has 2 unspecified atom stereocenters. The van der Waals surface area contributed by atoms with E-state index in [9.17, 15) is 9.59 Å². The molecule has 0 aliphatic carbocycles. The average molecular weight is 250 g/mol. The van der Waals surface area contributed by atoms with Crippen LogP contribution in [0, 0.1) is 0 Å². The second-order valence-corrected chi connectivity index (χ2v) is 4.05. The normalized spacial score (nSPS) is 22.4. The summed E-state index contributed by atoms with van der Waals surface area (Å²) in [6.07, 6.45) is -1.20. The molecule has 1 aromatic rings. The van der Waals surface area contributed by atoms with E-state index in [0.717, 1.165) is 11.3 Å².